The Morgan fingerprint density at radius 2 is 1.38 bits per heavy atom. The van der Waals surface area contributed by atoms with E-state index in [0.717, 1.165) is 16.8 Å². The van der Waals surface area contributed by atoms with Crippen LogP contribution in [0.15, 0.2) is 103 Å². The van der Waals surface area contributed by atoms with Crippen LogP contribution < -0.4 is 0 Å². The van der Waals surface area contributed by atoms with Crippen LogP contribution in [0.1, 0.15) is 36.5 Å². The highest BCUT2D eigenvalue weighted by molar-refractivity contribution is 6.13. The molecule has 0 bridgehead atoms. The Kier molecular flexibility index (Phi) is 5.81. The second kappa shape index (κ2) is 9.29. The molecule has 4 aromatic carbocycles. The SMILES string of the molecule is Cc1ccnc(-c2cccc(-c3cccc(-c4cc5ncccc5c5ccc(C(C)C)cc45)c3C)c2)c1. The molecule has 180 valence electrons. The average Bonchev–Trinajstić information content (AvgIpc) is 2.92. The Labute approximate surface area is 218 Å². The minimum Gasteiger partial charge on any atom is -0.256 e. The van der Waals surface area contributed by atoms with Crippen LogP contribution in [0.2, 0.25) is 0 Å². The van der Waals surface area contributed by atoms with E-state index in [1.165, 1.54) is 55.1 Å². The summed E-state index contributed by atoms with van der Waals surface area (Å²) in [5, 5.41) is 3.73. The number of aromatic nitrogens is 2. The van der Waals surface area contributed by atoms with Gasteiger partial charge >= 0.3 is 0 Å². The summed E-state index contributed by atoms with van der Waals surface area (Å²) in [4.78, 5) is 9.34. The lowest BCUT2D eigenvalue weighted by atomic mass is 9.87. The van der Waals surface area contributed by atoms with E-state index in [9.17, 15) is 0 Å². The first kappa shape index (κ1) is 23.1. The molecule has 2 heteroatoms. The Morgan fingerprint density at radius 3 is 2.22 bits per heavy atom. The highest BCUT2D eigenvalue weighted by Gasteiger charge is 2.15. The number of hydrogen-bond acceptors (Lipinski definition) is 2. The molecule has 0 amide bonds. The van der Waals surface area contributed by atoms with Gasteiger partial charge in [0.25, 0.3) is 0 Å². The van der Waals surface area contributed by atoms with Gasteiger partial charge in [-0.15, -0.1) is 0 Å². The summed E-state index contributed by atoms with van der Waals surface area (Å²) >= 11 is 0. The number of rotatable bonds is 4. The zero-order chi connectivity index (χ0) is 25.5. The first-order valence-electron chi connectivity index (χ1n) is 12.9. The molecule has 2 heterocycles. The van der Waals surface area contributed by atoms with Crippen molar-refractivity contribution in [2.75, 3.05) is 0 Å². The van der Waals surface area contributed by atoms with E-state index < -0.39 is 0 Å². The summed E-state index contributed by atoms with van der Waals surface area (Å²) in [7, 11) is 0. The van der Waals surface area contributed by atoms with E-state index in [-0.39, 0.29) is 0 Å². The molecule has 0 aliphatic heterocycles. The lowest BCUT2D eigenvalue weighted by Crippen LogP contribution is -1.94. The summed E-state index contributed by atoms with van der Waals surface area (Å²) in [5.41, 5.74) is 11.9. The van der Waals surface area contributed by atoms with E-state index in [4.69, 9.17) is 4.98 Å². The molecular formula is C35H30N2. The van der Waals surface area contributed by atoms with Gasteiger partial charge in [0.1, 0.15) is 0 Å². The van der Waals surface area contributed by atoms with Gasteiger partial charge in [0.05, 0.1) is 11.2 Å². The molecule has 0 N–H and O–H groups in total. The average molecular weight is 479 g/mol. The number of benzene rings is 4. The van der Waals surface area contributed by atoms with Crippen molar-refractivity contribution in [2.45, 2.75) is 33.6 Å². The molecule has 0 aliphatic rings. The van der Waals surface area contributed by atoms with E-state index in [2.05, 4.69) is 112 Å². The van der Waals surface area contributed by atoms with E-state index >= 15 is 0 Å². The van der Waals surface area contributed by atoms with Crippen molar-refractivity contribution in [3.05, 3.63) is 120 Å². The molecule has 0 spiro atoms. The fourth-order valence-electron chi connectivity index (χ4n) is 5.36. The molecule has 2 nitrogen and oxygen atoms in total. The normalized spacial score (nSPS) is 11.5. The van der Waals surface area contributed by atoms with Gasteiger partial charge in [0, 0.05) is 23.3 Å². The molecule has 0 aliphatic carbocycles. The Hall–Kier alpha value is -4.30. The topological polar surface area (TPSA) is 25.8 Å². The molecule has 0 unspecified atom stereocenters. The molecule has 0 saturated heterocycles. The molecule has 6 aromatic rings. The molecule has 2 aromatic heterocycles. The Balaban J connectivity index is 1.56. The summed E-state index contributed by atoms with van der Waals surface area (Å²) in [5.74, 6) is 0.465. The third-order valence-corrected chi connectivity index (χ3v) is 7.42. The van der Waals surface area contributed by atoms with Gasteiger partial charge in [-0.25, -0.2) is 0 Å². The van der Waals surface area contributed by atoms with Crippen LogP contribution >= 0.6 is 0 Å². The molecule has 6 rings (SSSR count). The maximum absolute atomic E-state index is 4.73. The van der Waals surface area contributed by atoms with Crippen LogP contribution in [-0.2, 0) is 0 Å². The predicted octanol–water partition coefficient (Wildman–Crippen LogP) is 9.52. The maximum Gasteiger partial charge on any atom is 0.0714 e. The lowest BCUT2D eigenvalue weighted by Gasteiger charge is -2.17. The van der Waals surface area contributed by atoms with Crippen LogP contribution in [0.4, 0.5) is 0 Å². The van der Waals surface area contributed by atoms with Gasteiger partial charge in [-0.3, -0.25) is 9.97 Å². The van der Waals surface area contributed by atoms with Gasteiger partial charge in [-0.2, -0.15) is 0 Å². The van der Waals surface area contributed by atoms with Gasteiger partial charge < -0.3 is 0 Å². The minimum atomic E-state index is 0.465. The summed E-state index contributed by atoms with van der Waals surface area (Å²) < 4.78 is 0. The summed E-state index contributed by atoms with van der Waals surface area (Å²) in [6.45, 7) is 8.86. The quantitative estimate of drug-likeness (QED) is 0.236. The monoisotopic (exact) mass is 478 g/mol. The highest BCUT2D eigenvalue weighted by atomic mass is 14.7. The third kappa shape index (κ3) is 4.19. The maximum atomic E-state index is 4.73. The van der Waals surface area contributed by atoms with Crippen molar-refractivity contribution in [3.63, 3.8) is 0 Å². The third-order valence-electron chi connectivity index (χ3n) is 7.42. The minimum absolute atomic E-state index is 0.465. The molecule has 0 saturated carbocycles. The van der Waals surface area contributed by atoms with Crippen molar-refractivity contribution < 1.29 is 0 Å². The summed E-state index contributed by atoms with van der Waals surface area (Å²) in [6, 6.07) is 32.9. The van der Waals surface area contributed by atoms with Crippen molar-refractivity contribution in [2.24, 2.45) is 0 Å². The number of pyridine rings is 2. The fraction of sp³-hybridized carbons (Fsp3) is 0.143. The van der Waals surface area contributed by atoms with E-state index in [1.54, 1.807) is 0 Å². The first-order chi connectivity index (χ1) is 18.0. The molecule has 0 radical (unpaired) electrons. The van der Waals surface area contributed by atoms with Crippen LogP contribution in [0.25, 0.3) is 55.2 Å². The molecule has 0 fully saturated rings. The van der Waals surface area contributed by atoms with E-state index in [1.807, 2.05) is 24.5 Å². The second-order valence-corrected chi connectivity index (χ2v) is 10.2. The van der Waals surface area contributed by atoms with Gasteiger partial charge in [0.2, 0.25) is 0 Å². The molecule has 0 atom stereocenters. The van der Waals surface area contributed by atoms with Crippen LogP contribution in [0, 0.1) is 13.8 Å². The van der Waals surface area contributed by atoms with Gasteiger partial charge in [-0.05, 0) is 99.8 Å². The van der Waals surface area contributed by atoms with Crippen molar-refractivity contribution >= 4 is 21.7 Å². The van der Waals surface area contributed by atoms with Crippen LogP contribution in [-0.4, -0.2) is 9.97 Å². The molecule has 37 heavy (non-hydrogen) atoms. The van der Waals surface area contributed by atoms with E-state index in [0.29, 0.717) is 5.92 Å². The second-order valence-electron chi connectivity index (χ2n) is 10.2. The van der Waals surface area contributed by atoms with Crippen LogP contribution in [0.3, 0.4) is 0 Å². The zero-order valence-corrected chi connectivity index (χ0v) is 21.8. The molecular weight excluding hydrogens is 448 g/mol. The number of fused-ring (bicyclic) bond motifs is 3. The standard InChI is InChI=1S/C35H30N2/c1-22(2)25-13-14-30-31-12-7-16-36-35(31)21-33(32(30)20-25)29-11-6-10-28(24(29)4)26-8-5-9-27(19-26)34-18-23(3)15-17-37-34/h5-22H,1-4H3. The smallest absolute Gasteiger partial charge is 0.0714 e. The van der Waals surface area contributed by atoms with Crippen molar-refractivity contribution in [1.29, 1.82) is 0 Å². The number of hydrogen-bond donors (Lipinski definition) is 0. The van der Waals surface area contributed by atoms with Gasteiger partial charge in [0.15, 0.2) is 0 Å². The largest absolute Gasteiger partial charge is 0.256 e. The zero-order valence-electron chi connectivity index (χ0n) is 21.8. The highest BCUT2D eigenvalue weighted by Crippen LogP contribution is 2.40. The number of nitrogens with zero attached hydrogens (tertiary/aromatic N) is 2. The number of aryl methyl sites for hydroxylation is 1. The first-order valence-corrected chi connectivity index (χ1v) is 12.9. The Bertz CT molecular complexity index is 1780. The fourth-order valence-corrected chi connectivity index (χ4v) is 5.36. The lowest BCUT2D eigenvalue weighted by molar-refractivity contribution is 0.869. The van der Waals surface area contributed by atoms with Crippen molar-refractivity contribution in [1.82, 2.24) is 9.97 Å². The predicted molar refractivity (Wildman–Crippen MR) is 157 cm³/mol. The van der Waals surface area contributed by atoms with Crippen molar-refractivity contribution in [3.8, 4) is 33.5 Å². The van der Waals surface area contributed by atoms with Crippen LogP contribution in [0.5, 0.6) is 0 Å². The van der Waals surface area contributed by atoms with Gasteiger partial charge in [-0.1, -0.05) is 74.5 Å². The summed E-state index contributed by atoms with van der Waals surface area (Å²) in [6.07, 6.45) is 3.77. The Morgan fingerprint density at radius 1 is 0.568 bits per heavy atom.